The molecule has 0 N–H and O–H groups in total. The number of hydrogen-bond acceptors (Lipinski definition) is 3. The predicted molar refractivity (Wildman–Crippen MR) is 98.0 cm³/mol. The van der Waals surface area contributed by atoms with Crippen LogP contribution in [-0.2, 0) is 19.8 Å². The molecule has 3 rings (SSSR count). The van der Waals surface area contributed by atoms with E-state index in [0.717, 1.165) is 19.2 Å². The number of aromatic nitrogens is 2. The SMILES string of the molecule is Cn1c(C(F)(F)F)cc(=O)n(-c2cc(OCc3ccccc3F)c(Cl)cc2F)c1=O. The quantitative estimate of drug-likeness (QED) is 0.568. The van der Waals surface area contributed by atoms with Crippen molar-refractivity contribution < 1.29 is 26.7 Å². The van der Waals surface area contributed by atoms with Gasteiger partial charge < -0.3 is 4.74 Å². The number of alkyl halides is 3. The van der Waals surface area contributed by atoms with Crippen molar-refractivity contribution in [3.8, 4) is 11.4 Å². The number of halogens is 6. The summed E-state index contributed by atoms with van der Waals surface area (Å²) in [6.45, 7) is -0.308. The van der Waals surface area contributed by atoms with Gasteiger partial charge in [-0.2, -0.15) is 13.2 Å². The molecule has 3 aromatic rings. The molecule has 0 aliphatic heterocycles. The maximum absolute atomic E-state index is 14.4. The van der Waals surface area contributed by atoms with E-state index >= 15 is 0 Å². The van der Waals surface area contributed by atoms with Crippen LogP contribution in [0.5, 0.6) is 5.75 Å². The van der Waals surface area contributed by atoms with Crippen molar-refractivity contribution in [2.45, 2.75) is 12.8 Å². The highest BCUT2D eigenvalue weighted by Crippen LogP contribution is 2.30. The maximum Gasteiger partial charge on any atom is 0.431 e. The molecule has 11 heteroatoms. The molecule has 0 amide bonds. The van der Waals surface area contributed by atoms with Gasteiger partial charge >= 0.3 is 11.9 Å². The molecule has 0 spiro atoms. The third-order valence-electron chi connectivity index (χ3n) is 4.19. The Morgan fingerprint density at radius 3 is 2.33 bits per heavy atom. The summed E-state index contributed by atoms with van der Waals surface area (Å²) in [7, 11) is 0.796. The number of ether oxygens (including phenoxy) is 1. The monoisotopic (exact) mass is 446 g/mol. The van der Waals surface area contributed by atoms with Crippen LogP contribution >= 0.6 is 11.6 Å². The van der Waals surface area contributed by atoms with Crippen LogP contribution in [-0.4, -0.2) is 9.13 Å². The lowest BCUT2D eigenvalue weighted by Gasteiger charge is -2.15. The molecule has 0 fully saturated rings. The molecule has 1 aromatic heterocycles. The third kappa shape index (κ3) is 4.09. The topological polar surface area (TPSA) is 53.2 Å². The molecule has 0 unspecified atom stereocenters. The van der Waals surface area contributed by atoms with Crippen LogP contribution in [0.4, 0.5) is 22.0 Å². The summed E-state index contributed by atoms with van der Waals surface area (Å²) in [6.07, 6.45) is -4.96. The van der Waals surface area contributed by atoms with Crippen molar-refractivity contribution in [1.82, 2.24) is 9.13 Å². The molecule has 158 valence electrons. The van der Waals surface area contributed by atoms with Gasteiger partial charge in [0.15, 0.2) is 0 Å². The maximum atomic E-state index is 14.4. The summed E-state index contributed by atoms with van der Waals surface area (Å²) < 4.78 is 72.9. The van der Waals surface area contributed by atoms with Gasteiger partial charge in [0.25, 0.3) is 5.56 Å². The van der Waals surface area contributed by atoms with Gasteiger partial charge in [-0.05, 0) is 12.1 Å². The van der Waals surface area contributed by atoms with E-state index in [2.05, 4.69) is 0 Å². The van der Waals surface area contributed by atoms with Crippen LogP contribution < -0.4 is 16.0 Å². The smallest absolute Gasteiger partial charge is 0.431 e. The molecule has 0 saturated carbocycles. The summed E-state index contributed by atoms with van der Waals surface area (Å²) >= 11 is 5.91. The molecule has 0 aliphatic rings. The molecular weight excluding hydrogens is 435 g/mol. The van der Waals surface area contributed by atoms with Crippen molar-refractivity contribution >= 4 is 11.6 Å². The number of rotatable bonds is 4. The van der Waals surface area contributed by atoms with Crippen LogP contribution in [0.15, 0.2) is 52.1 Å². The van der Waals surface area contributed by atoms with E-state index in [1.165, 1.54) is 18.2 Å². The van der Waals surface area contributed by atoms with E-state index in [0.29, 0.717) is 0 Å². The van der Waals surface area contributed by atoms with Crippen molar-refractivity contribution in [3.05, 3.63) is 91.2 Å². The Morgan fingerprint density at radius 2 is 1.70 bits per heavy atom. The second-order valence-electron chi connectivity index (χ2n) is 6.16. The number of benzene rings is 2. The molecule has 5 nitrogen and oxygen atoms in total. The molecule has 0 saturated heterocycles. The minimum atomic E-state index is -4.96. The second-order valence-corrected chi connectivity index (χ2v) is 6.56. The number of nitrogens with zero attached hydrogens (tertiary/aromatic N) is 2. The fourth-order valence-electron chi connectivity index (χ4n) is 2.69. The van der Waals surface area contributed by atoms with Gasteiger partial charge in [-0.25, -0.2) is 18.1 Å². The van der Waals surface area contributed by atoms with Gasteiger partial charge in [0, 0.05) is 24.7 Å². The van der Waals surface area contributed by atoms with Crippen molar-refractivity contribution in [3.63, 3.8) is 0 Å². The molecule has 0 aliphatic carbocycles. The van der Waals surface area contributed by atoms with Crippen molar-refractivity contribution in [2.75, 3.05) is 0 Å². The molecule has 0 atom stereocenters. The Bertz CT molecular complexity index is 1230. The number of hydrogen-bond donors (Lipinski definition) is 0. The third-order valence-corrected chi connectivity index (χ3v) is 4.49. The van der Waals surface area contributed by atoms with Gasteiger partial charge in [-0.15, -0.1) is 0 Å². The lowest BCUT2D eigenvalue weighted by atomic mass is 10.2. The molecule has 0 radical (unpaired) electrons. The summed E-state index contributed by atoms with van der Waals surface area (Å²) in [6, 6.07) is 7.45. The Kier molecular flexibility index (Phi) is 5.71. The predicted octanol–water partition coefficient (Wildman–Crippen LogP) is 4.07. The summed E-state index contributed by atoms with van der Waals surface area (Å²) in [4.78, 5) is 24.6. The lowest BCUT2D eigenvalue weighted by Crippen LogP contribution is -2.41. The minimum Gasteiger partial charge on any atom is -0.487 e. The minimum absolute atomic E-state index is 0.155. The molecule has 0 bridgehead atoms. The first-order chi connectivity index (χ1) is 14.0. The Labute approximate surface area is 170 Å². The largest absolute Gasteiger partial charge is 0.487 e. The fourth-order valence-corrected chi connectivity index (χ4v) is 2.90. The zero-order valence-corrected chi connectivity index (χ0v) is 15.9. The zero-order valence-electron chi connectivity index (χ0n) is 15.1. The zero-order chi connectivity index (χ0) is 22.2. The van der Waals surface area contributed by atoms with E-state index in [1.54, 1.807) is 6.07 Å². The highest BCUT2D eigenvalue weighted by molar-refractivity contribution is 6.32. The van der Waals surface area contributed by atoms with Crippen LogP contribution in [0.3, 0.4) is 0 Å². The fraction of sp³-hybridized carbons (Fsp3) is 0.158. The first-order valence-electron chi connectivity index (χ1n) is 8.26. The van der Waals surface area contributed by atoms with Crippen LogP contribution in [0, 0.1) is 11.6 Å². The Balaban J connectivity index is 2.09. The summed E-state index contributed by atoms with van der Waals surface area (Å²) in [5, 5.41) is -0.246. The second kappa shape index (κ2) is 7.94. The van der Waals surface area contributed by atoms with Crippen molar-refractivity contribution in [1.29, 1.82) is 0 Å². The van der Waals surface area contributed by atoms with Gasteiger partial charge in [0.1, 0.15) is 29.7 Å². The summed E-state index contributed by atoms with van der Waals surface area (Å²) in [5.74, 6) is -1.91. The first-order valence-corrected chi connectivity index (χ1v) is 8.64. The molecule has 30 heavy (non-hydrogen) atoms. The lowest BCUT2D eigenvalue weighted by molar-refractivity contribution is -0.144. The van der Waals surface area contributed by atoms with E-state index in [4.69, 9.17) is 16.3 Å². The Morgan fingerprint density at radius 1 is 1.03 bits per heavy atom. The average molecular weight is 447 g/mol. The highest BCUT2D eigenvalue weighted by Gasteiger charge is 2.35. The van der Waals surface area contributed by atoms with E-state index in [1.807, 2.05) is 0 Å². The molecule has 2 aromatic carbocycles. The standard InChI is InChI=1S/C19H12ClF5N2O3/c1-26-16(19(23,24)25)8-17(28)27(18(26)29)14-7-15(11(20)6-13(14)22)30-9-10-4-2-3-5-12(10)21/h2-8H,9H2,1H3. The van der Waals surface area contributed by atoms with Gasteiger partial charge in [-0.3, -0.25) is 9.36 Å². The van der Waals surface area contributed by atoms with Gasteiger partial charge in [0.05, 0.1) is 10.7 Å². The van der Waals surface area contributed by atoms with Crippen LogP contribution in [0.1, 0.15) is 11.3 Å². The summed E-state index contributed by atoms with van der Waals surface area (Å²) in [5.41, 5.74) is -4.81. The Hall–Kier alpha value is -3.14. The first kappa shape index (κ1) is 21.6. The highest BCUT2D eigenvalue weighted by atomic mass is 35.5. The van der Waals surface area contributed by atoms with Crippen LogP contribution in [0.25, 0.3) is 5.69 Å². The van der Waals surface area contributed by atoms with E-state index in [9.17, 15) is 31.5 Å². The van der Waals surface area contributed by atoms with Gasteiger partial charge in [0.2, 0.25) is 0 Å². The molecular formula is C19H12ClF5N2O3. The normalized spacial score (nSPS) is 11.6. The van der Waals surface area contributed by atoms with E-state index in [-0.39, 0.29) is 38.1 Å². The van der Waals surface area contributed by atoms with E-state index < -0.39 is 40.4 Å². The van der Waals surface area contributed by atoms with Crippen molar-refractivity contribution in [2.24, 2.45) is 7.05 Å². The van der Waals surface area contributed by atoms with Gasteiger partial charge in [-0.1, -0.05) is 29.8 Å². The average Bonchev–Trinajstić information content (AvgIpc) is 2.65. The molecule has 1 heterocycles. The van der Waals surface area contributed by atoms with Crippen LogP contribution in [0.2, 0.25) is 5.02 Å².